The number of rotatable bonds is 5. The topological polar surface area (TPSA) is 81.1 Å². The van der Waals surface area contributed by atoms with Gasteiger partial charge in [-0.25, -0.2) is 9.59 Å². The molecule has 0 spiro atoms. The van der Waals surface area contributed by atoms with Crippen molar-refractivity contribution in [1.29, 1.82) is 0 Å². The lowest BCUT2D eigenvalue weighted by Crippen LogP contribution is -2.51. The minimum Gasteiger partial charge on any atom is -0.480 e. The predicted octanol–water partition coefficient (Wildman–Crippen LogP) is 1.14. The Balaban J connectivity index is 2.63. The smallest absolute Gasteiger partial charge is 0.326 e. The number of carboxylic acid groups (broad SMARTS) is 1. The molecule has 110 valence electrons. The maximum absolute atomic E-state index is 12.2. The van der Waals surface area contributed by atoms with E-state index in [4.69, 9.17) is 5.11 Å². The third-order valence-electron chi connectivity index (χ3n) is 3.83. The highest BCUT2D eigenvalue weighted by atomic mass is 16.4. The van der Waals surface area contributed by atoms with E-state index in [-0.39, 0.29) is 12.6 Å². The second-order valence-corrected chi connectivity index (χ2v) is 5.44. The van der Waals surface area contributed by atoms with Crippen LogP contribution in [0.3, 0.4) is 0 Å². The molecule has 0 radical (unpaired) electrons. The Morgan fingerprint density at radius 1 is 1.26 bits per heavy atom. The SMILES string of the molecule is CCC(C(=O)O)N(C)C(=O)N(C)CC1(O)CCCC1. The number of carboxylic acids is 1. The van der Waals surface area contributed by atoms with E-state index in [0.717, 1.165) is 12.8 Å². The first-order chi connectivity index (χ1) is 8.80. The average molecular weight is 272 g/mol. The fraction of sp³-hybridized carbons (Fsp3) is 0.846. The van der Waals surface area contributed by atoms with Crippen molar-refractivity contribution in [3.8, 4) is 0 Å². The lowest BCUT2D eigenvalue weighted by molar-refractivity contribution is -0.142. The molecular weight excluding hydrogens is 248 g/mol. The third kappa shape index (κ3) is 3.83. The van der Waals surface area contributed by atoms with Crippen LogP contribution in [-0.4, -0.2) is 64.3 Å². The maximum atomic E-state index is 12.2. The van der Waals surface area contributed by atoms with Gasteiger partial charge in [0, 0.05) is 14.1 Å². The Morgan fingerprint density at radius 2 is 1.79 bits per heavy atom. The number of urea groups is 1. The molecule has 2 amide bonds. The van der Waals surface area contributed by atoms with Gasteiger partial charge in [-0.3, -0.25) is 0 Å². The number of carbonyl (C=O) groups excluding carboxylic acids is 1. The van der Waals surface area contributed by atoms with Crippen molar-refractivity contribution in [3.05, 3.63) is 0 Å². The first-order valence-electron chi connectivity index (χ1n) is 6.74. The second kappa shape index (κ2) is 6.23. The molecular formula is C13H24N2O4. The quantitative estimate of drug-likeness (QED) is 0.786. The minimum absolute atomic E-state index is 0.256. The monoisotopic (exact) mass is 272 g/mol. The normalized spacial score (nSPS) is 18.9. The zero-order valence-corrected chi connectivity index (χ0v) is 11.9. The van der Waals surface area contributed by atoms with Gasteiger partial charge in [0.25, 0.3) is 0 Å². The Bertz CT molecular complexity index is 340. The van der Waals surface area contributed by atoms with Gasteiger partial charge in [-0.15, -0.1) is 0 Å². The van der Waals surface area contributed by atoms with Crippen molar-refractivity contribution in [2.75, 3.05) is 20.6 Å². The summed E-state index contributed by atoms with van der Waals surface area (Å²) in [6.07, 6.45) is 3.70. The molecule has 1 aliphatic rings. The van der Waals surface area contributed by atoms with Gasteiger partial charge in [-0.1, -0.05) is 19.8 Å². The van der Waals surface area contributed by atoms with Gasteiger partial charge in [-0.2, -0.15) is 0 Å². The Labute approximate surface area is 114 Å². The van der Waals surface area contributed by atoms with Crippen molar-refractivity contribution >= 4 is 12.0 Å². The highest BCUT2D eigenvalue weighted by Crippen LogP contribution is 2.30. The molecule has 0 aromatic carbocycles. The summed E-state index contributed by atoms with van der Waals surface area (Å²) >= 11 is 0. The molecule has 19 heavy (non-hydrogen) atoms. The second-order valence-electron chi connectivity index (χ2n) is 5.44. The molecule has 1 saturated carbocycles. The van der Waals surface area contributed by atoms with E-state index in [1.165, 1.54) is 16.8 Å². The van der Waals surface area contributed by atoms with Gasteiger partial charge < -0.3 is 20.0 Å². The van der Waals surface area contributed by atoms with Crippen LogP contribution in [0.5, 0.6) is 0 Å². The number of carbonyl (C=O) groups is 2. The number of amides is 2. The highest BCUT2D eigenvalue weighted by molar-refractivity contribution is 5.82. The van der Waals surface area contributed by atoms with E-state index < -0.39 is 17.6 Å². The molecule has 1 unspecified atom stereocenters. The van der Waals surface area contributed by atoms with E-state index in [1.54, 1.807) is 14.0 Å². The number of hydrogen-bond acceptors (Lipinski definition) is 3. The summed E-state index contributed by atoms with van der Waals surface area (Å²) < 4.78 is 0. The van der Waals surface area contributed by atoms with Gasteiger partial charge in [0.2, 0.25) is 0 Å². The van der Waals surface area contributed by atoms with Crippen LogP contribution in [0.25, 0.3) is 0 Å². The summed E-state index contributed by atoms with van der Waals surface area (Å²) in [6, 6.07) is -1.19. The summed E-state index contributed by atoms with van der Waals surface area (Å²) in [4.78, 5) is 25.8. The van der Waals surface area contributed by atoms with Crippen molar-refractivity contribution in [2.24, 2.45) is 0 Å². The lowest BCUT2D eigenvalue weighted by atomic mass is 10.0. The van der Waals surface area contributed by atoms with Crippen LogP contribution in [0.1, 0.15) is 39.0 Å². The largest absolute Gasteiger partial charge is 0.480 e. The van der Waals surface area contributed by atoms with E-state index in [0.29, 0.717) is 19.3 Å². The van der Waals surface area contributed by atoms with Crippen LogP contribution in [-0.2, 0) is 4.79 Å². The van der Waals surface area contributed by atoms with Gasteiger partial charge in [0.05, 0.1) is 12.1 Å². The van der Waals surface area contributed by atoms with Crippen molar-refractivity contribution < 1.29 is 19.8 Å². The van der Waals surface area contributed by atoms with Gasteiger partial charge >= 0.3 is 12.0 Å². The molecule has 0 aromatic rings. The first-order valence-corrected chi connectivity index (χ1v) is 6.74. The van der Waals surface area contributed by atoms with Gasteiger partial charge in [-0.05, 0) is 19.3 Å². The summed E-state index contributed by atoms with van der Waals surface area (Å²) in [5.74, 6) is -1.01. The van der Waals surface area contributed by atoms with Crippen LogP contribution in [0.2, 0.25) is 0 Å². The Morgan fingerprint density at radius 3 is 2.21 bits per heavy atom. The molecule has 2 N–H and O–H groups in total. The summed E-state index contributed by atoms with van der Waals surface area (Å²) in [5.41, 5.74) is -0.809. The minimum atomic E-state index is -1.01. The lowest BCUT2D eigenvalue weighted by Gasteiger charge is -2.33. The molecule has 1 aliphatic carbocycles. The Kier molecular flexibility index (Phi) is 5.17. The molecule has 0 heterocycles. The number of aliphatic hydroxyl groups is 1. The molecule has 6 nitrogen and oxygen atoms in total. The maximum Gasteiger partial charge on any atom is 0.326 e. The van der Waals surface area contributed by atoms with Crippen LogP contribution >= 0.6 is 0 Å². The van der Waals surface area contributed by atoms with E-state index in [9.17, 15) is 14.7 Å². The molecule has 0 bridgehead atoms. The van der Waals surface area contributed by atoms with Crippen molar-refractivity contribution in [2.45, 2.75) is 50.7 Å². The van der Waals surface area contributed by atoms with Gasteiger partial charge in [0.1, 0.15) is 6.04 Å². The zero-order valence-electron chi connectivity index (χ0n) is 11.9. The van der Waals surface area contributed by atoms with Crippen LogP contribution < -0.4 is 0 Å². The summed E-state index contributed by atoms with van der Waals surface area (Å²) in [5, 5.41) is 19.3. The highest BCUT2D eigenvalue weighted by Gasteiger charge is 2.35. The van der Waals surface area contributed by atoms with Crippen LogP contribution in [0.15, 0.2) is 0 Å². The van der Waals surface area contributed by atoms with Crippen LogP contribution in [0.4, 0.5) is 4.79 Å². The standard InChI is InChI=1S/C13H24N2O4/c1-4-10(11(16)17)15(3)12(18)14(2)9-13(19)7-5-6-8-13/h10,19H,4-9H2,1-3H3,(H,16,17). The first kappa shape index (κ1) is 15.8. The molecule has 0 aliphatic heterocycles. The molecule has 0 saturated heterocycles. The van der Waals surface area contributed by atoms with E-state index in [2.05, 4.69) is 0 Å². The van der Waals surface area contributed by atoms with Gasteiger partial charge in [0.15, 0.2) is 0 Å². The Hall–Kier alpha value is -1.30. The number of aliphatic carboxylic acids is 1. The molecule has 1 rings (SSSR count). The number of hydrogen-bond donors (Lipinski definition) is 2. The van der Waals surface area contributed by atoms with Crippen molar-refractivity contribution in [1.82, 2.24) is 9.80 Å². The zero-order chi connectivity index (χ0) is 14.6. The molecule has 0 aromatic heterocycles. The van der Waals surface area contributed by atoms with E-state index in [1.807, 2.05) is 0 Å². The molecule has 1 fully saturated rings. The summed E-state index contributed by atoms with van der Waals surface area (Å²) in [7, 11) is 3.09. The average Bonchev–Trinajstić information content (AvgIpc) is 2.74. The fourth-order valence-electron chi connectivity index (χ4n) is 2.72. The number of nitrogens with zero attached hydrogens (tertiary/aromatic N) is 2. The third-order valence-corrected chi connectivity index (χ3v) is 3.83. The van der Waals surface area contributed by atoms with E-state index >= 15 is 0 Å². The van der Waals surface area contributed by atoms with Crippen molar-refractivity contribution in [3.63, 3.8) is 0 Å². The molecule has 6 heteroatoms. The van der Waals surface area contributed by atoms with Crippen LogP contribution in [0, 0.1) is 0 Å². The number of likely N-dealkylation sites (N-methyl/N-ethyl adjacent to an activating group) is 2. The summed E-state index contributed by atoms with van der Waals surface area (Å²) in [6.45, 7) is 1.99. The predicted molar refractivity (Wildman–Crippen MR) is 70.9 cm³/mol. The molecule has 1 atom stereocenters. The fourth-order valence-corrected chi connectivity index (χ4v) is 2.72.